The van der Waals surface area contributed by atoms with Gasteiger partial charge in [0, 0.05) is 6.08 Å². The molecule has 0 aliphatic heterocycles. The smallest absolute Gasteiger partial charge is 0.330 e. The van der Waals surface area contributed by atoms with Gasteiger partial charge in [-0.3, -0.25) is 4.55 Å². The number of benzene rings is 1. The van der Waals surface area contributed by atoms with Gasteiger partial charge in [-0.25, -0.2) is 4.79 Å². The van der Waals surface area contributed by atoms with Gasteiger partial charge >= 0.3 is 5.97 Å². The lowest BCUT2D eigenvalue weighted by molar-refractivity contribution is -0.142. The Bertz CT molecular complexity index is 492. The zero-order valence-corrected chi connectivity index (χ0v) is 9.76. The van der Waals surface area contributed by atoms with E-state index in [-0.39, 0.29) is 0 Å². The number of hydrogen-bond acceptors (Lipinski definition) is 4. The van der Waals surface area contributed by atoms with Gasteiger partial charge in [0.1, 0.15) is 11.9 Å². The first-order valence-electron chi connectivity index (χ1n) is 4.75. The van der Waals surface area contributed by atoms with E-state index >= 15 is 0 Å². The van der Waals surface area contributed by atoms with Crippen molar-refractivity contribution in [3.63, 3.8) is 0 Å². The summed E-state index contributed by atoms with van der Waals surface area (Å²) >= 11 is 0. The minimum atomic E-state index is -4.24. The Hall–Kier alpha value is -1.66. The maximum absolute atomic E-state index is 11.1. The molecule has 0 aromatic heterocycles. The highest BCUT2D eigenvalue weighted by molar-refractivity contribution is 7.85. The molecule has 0 radical (unpaired) electrons. The first kappa shape index (κ1) is 13.4. The van der Waals surface area contributed by atoms with E-state index < -0.39 is 27.9 Å². The minimum absolute atomic E-state index is 0.486. The van der Waals surface area contributed by atoms with Crippen LogP contribution in [0.15, 0.2) is 43.0 Å². The van der Waals surface area contributed by atoms with Crippen LogP contribution in [-0.4, -0.2) is 24.7 Å². The summed E-state index contributed by atoms with van der Waals surface area (Å²) in [5.41, 5.74) is 0.486. The van der Waals surface area contributed by atoms with Gasteiger partial charge in [-0.15, -0.1) is 0 Å². The fourth-order valence-corrected chi connectivity index (χ4v) is 1.89. The van der Waals surface area contributed by atoms with E-state index in [4.69, 9.17) is 9.29 Å². The molecule has 92 valence electrons. The molecule has 1 N–H and O–H groups in total. The Labute approximate surface area is 99.5 Å². The molecule has 1 unspecified atom stereocenters. The summed E-state index contributed by atoms with van der Waals surface area (Å²) in [6.45, 7) is 3.22. The summed E-state index contributed by atoms with van der Waals surface area (Å²) in [4.78, 5) is 11.1. The molecular formula is C11H12O5S. The number of hydrogen-bond donors (Lipinski definition) is 1. The maximum atomic E-state index is 11.1. The average Bonchev–Trinajstić information content (AvgIpc) is 2.27. The van der Waals surface area contributed by atoms with Gasteiger partial charge in [0.25, 0.3) is 10.1 Å². The topological polar surface area (TPSA) is 80.7 Å². The van der Waals surface area contributed by atoms with Crippen LogP contribution >= 0.6 is 0 Å². The molecule has 5 nitrogen and oxygen atoms in total. The van der Waals surface area contributed by atoms with Crippen LogP contribution in [-0.2, 0) is 19.6 Å². The summed E-state index contributed by atoms with van der Waals surface area (Å²) in [6, 6.07) is 8.30. The van der Waals surface area contributed by atoms with Crippen LogP contribution in [0.4, 0.5) is 0 Å². The van der Waals surface area contributed by atoms with Crippen LogP contribution in [0, 0.1) is 0 Å². The van der Waals surface area contributed by atoms with E-state index in [0.717, 1.165) is 6.08 Å². The Morgan fingerprint density at radius 1 is 1.41 bits per heavy atom. The van der Waals surface area contributed by atoms with Gasteiger partial charge < -0.3 is 4.74 Å². The second-order valence-corrected chi connectivity index (χ2v) is 4.79. The molecule has 1 aromatic rings. The van der Waals surface area contributed by atoms with E-state index in [2.05, 4.69) is 6.58 Å². The van der Waals surface area contributed by atoms with E-state index in [1.54, 1.807) is 30.3 Å². The predicted octanol–water partition coefficient (Wildman–Crippen LogP) is 1.34. The van der Waals surface area contributed by atoms with E-state index in [9.17, 15) is 13.2 Å². The lowest BCUT2D eigenvalue weighted by atomic mass is 10.1. The summed E-state index contributed by atoms with van der Waals surface area (Å²) in [6.07, 6.45) is -0.114. The fourth-order valence-electron chi connectivity index (χ4n) is 1.25. The monoisotopic (exact) mass is 256 g/mol. The number of carbonyl (C=O) groups is 1. The Morgan fingerprint density at radius 3 is 2.47 bits per heavy atom. The van der Waals surface area contributed by atoms with Gasteiger partial charge in [0.05, 0.1) is 0 Å². The lowest BCUT2D eigenvalue weighted by Crippen LogP contribution is -2.19. The van der Waals surface area contributed by atoms with Crippen LogP contribution in [0.25, 0.3) is 0 Å². The van der Waals surface area contributed by atoms with Crippen molar-refractivity contribution in [2.45, 2.75) is 6.10 Å². The molecule has 1 rings (SSSR count). The Kier molecular flexibility index (Phi) is 4.42. The van der Waals surface area contributed by atoms with Gasteiger partial charge in [-0.1, -0.05) is 36.9 Å². The van der Waals surface area contributed by atoms with Crippen LogP contribution in [0.5, 0.6) is 0 Å². The molecular weight excluding hydrogens is 244 g/mol. The highest BCUT2D eigenvalue weighted by Crippen LogP contribution is 2.19. The van der Waals surface area contributed by atoms with Crippen molar-refractivity contribution in [1.29, 1.82) is 0 Å². The van der Waals surface area contributed by atoms with E-state index in [1.807, 2.05) is 0 Å². The normalized spacial score (nSPS) is 12.8. The molecule has 1 aromatic carbocycles. The highest BCUT2D eigenvalue weighted by atomic mass is 32.2. The van der Waals surface area contributed by atoms with Crippen molar-refractivity contribution in [2.24, 2.45) is 0 Å². The predicted molar refractivity (Wildman–Crippen MR) is 61.9 cm³/mol. The quantitative estimate of drug-likeness (QED) is 0.488. The second kappa shape index (κ2) is 5.60. The van der Waals surface area contributed by atoms with Gasteiger partial charge in [0.15, 0.2) is 0 Å². The molecule has 0 bridgehead atoms. The average molecular weight is 256 g/mol. The van der Waals surface area contributed by atoms with Crippen LogP contribution in [0.1, 0.15) is 11.7 Å². The molecule has 0 amide bonds. The van der Waals surface area contributed by atoms with Crippen molar-refractivity contribution in [3.8, 4) is 0 Å². The summed E-state index contributed by atoms with van der Waals surface area (Å²) in [7, 11) is -4.24. The molecule has 0 fully saturated rings. The second-order valence-electron chi connectivity index (χ2n) is 3.29. The zero-order valence-electron chi connectivity index (χ0n) is 8.94. The van der Waals surface area contributed by atoms with Crippen molar-refractivity contribution in [3.05, 3.63) is 48.6 Å². The molecule has 0 spiro atoms. The minimum Gasteiger partial charge on any atom is -0.453 e. The van der Waals surface area contributed by atoms with E-state index in [1.165, 1.54) is 0 Å². The molecule has 17 heavy (non-hydrogen) atoms. The summed E-state index contributed by atoms with van der Waals surface area (Å²) < 4.78 is 35.3. The zero-order chi connectivity index (χ0) is 12.9. The number of esters is 1. The molecule has 0 saturated carbocycles. The molecule has 1 atom stereocenters. The third-order valence-electron chi connectivity index (χ3n) is 1.96. The SMILES string of the molecule is C=CC(=O)OC(CS(=O)(=O)O)c1ccccc1. The number of rotatable bonds is 5. The first-order valence-corrected chi connectivity index (χ1v) is 6.36. The molecule has 0 saturated heterocycles. The van der Waals surface area contributed by atoms with Crippen molar-refractivity contribution < 1.29 is 22.5 Å². The van der Waals surface area contributed by atoms with Crippen LogP contribution in [0.3, 0.4) is 0 Å². The Morgan fingerprint density at radius 2 is 2.00 bits per heavy atom. The van der Waals surface area contributed by atoms with Crippen LogP contribution in [0.2, 0.25) is 0 Å². The maximum Gasteiger partial charge on any atom is 0.330 e. The molecule has 0 aliphatic rings. The summed E-state index contributed by atoms with van der Waals surface area (Å²) in [5.74, 6) is -1.43. The largest absolute Gasteiger partial charge is 0.453 e. The van der Waals surface area contributed by atoms with E-state index in [0.29, 0.717) is 5.56 Å². The number of carbonyl (C=O) groups excluding carboxylic acids is 1. The van der Waals surface area contributed by atoms with Gasteiger partial charge in [-0.2, -0.15) is 8.42 Å². The fraction of sp³-hybridized carbons (Fsp3) is 0.182. The van der Waals surface area contributed by atoms with Crippen molar-refractivity contribution in [1.82, 2.24) is 0 Å². The van der Waals surface area contributed by atoms with Gasteiger partial charge in [-0.05, 0) is 5.56 Å². The standard InChI is InChI=1S/C11H12O5S/c1-2-11(12)16-10(8-17(13,14)15)9-6-4-3-5-7-9/h2-7,10H,1,8H2,(H,13,14,15). The third kappa shape index (κ3) is 4.80. The molecule has 6 heteroatoms. The number of ether oxygens (including phenoxy) is 1. The molecule has 0 heterocycles. The van der Waals surface area contributed by atoms with Crippen molar-refractivity contribution in [2.75, 3.05) is 5.75 Å². The highest BCUT2D eigenvalue weighted by Gasteiger charge is 2.21. The first-order chi connectivity index (χ1) is 7.92. The van der Waals surface area contributed by atoms with Crippen LogP contribution < -0.4 is 0 Å². The van der Waals surface area contributed by atoms with Crippen molar-refractivity contribution >= 4 is 16.1 Å². The summed E-state index contributed by atoms with van der Waals surface area (Å²) in [5, 5.41) is 0. The van der Waals surface area contributed by atoms with Gasteiger partial charge in [0.2, 0.25) is 0 Å². The Balaban J connectivity index is 2.94. The molecule has 0 aliphatic carbocycles. The third-order valence-corrected chi connectivity index (χ3v) is 2.68. The lowest BCUT2D eigenvalue weighted by Gasteiger charge is -2.15.